The fourth-order valence-electron chi connectivity index (χ4n) is 2.62. The summed E-state index contributed by atoms with van der Waals surface area (Å²) in [5, 5.41) is 13.1. The lowest BCUT2D eigenvalue weighted by atomic mass is 10.1. The van der Waals surface area contributed by atoms with Crippen LogP contribution >= 0.6 is 11.3 Å². The highest BCUT2D eigenvalue weighted by molar-refractivity contribution is 7.17. The molecule has 0 aliphatic carbocycles. The molecular weight excluding hydrogens is 330 g/mol. The average molecular weight is 364 g/mol. The van der Waals surface area contributed by atoms with Gasteiger partial charge in [-0.1, -0.05) is 51.9 Å². The normalized spacial score (nSPS) is 10.3. The van der Waals surface area contributed by atoms with Crippen LogP contribution in [-0.2, 0) is 0 Å². The molecule has 0 aromatic carbocycles. The van der Waals surface area contributed by atoms with Crippen LogP contribution in [0.2, 0.25) is 0 Å². The number of hydrogen-bond acceptors (Lipinski definition) is 3. The van der Waals surface area contributed by atoms with Gasteiger partial charge in [-0.2, -0.15) is 0 Å². The second-order valence-electron chi connectivity index (χ2n) is 6.43. The van der Waals surface area contributed by atoms with Gasteiger partial charge in [0.05, 0.1) is 5.00 Å². The quantitative estimate of drug-likeness (QED) is 0.290. The number of hydrogen-bond donors (Lipinski definition) is 2. The van der Waals surface area contributed by atoms with Crippen molar-refractivity contribution in [2.45, 2.75) is 84.0 Å². The molecule has 140 valence electrons. The van der Waals surface area contributed by atoms with Gasteiger partial charge in [-0.15, -0.1) is 23.2 Å². The molecule has 0 amide bonds. The van der Waals surface area contributed by atoms with Crippen LogP contribution in [0.15, 0.2) is 12.1 Å². The molecule has 0 unspecified atom stereocenters. The first-order chi connectivity index (χ1) is 12.2. The van der Waals surface area contributed by atoms with Crippen LogP contribution in [0.5, 0.6) is 0 Å². The van der Waals surface area contributed by atoms with E-state index in [0.29, 0.717) is 4.88 Å². The molecule has 2 N–H and O–H groups in total. The Balaban J connectivity index is 1.88. The molecule has 1 heterocycles. The van der Waals surface area contributed by atoms with Gasteiger partial charge in [0.15, 0.2) is 0 Å². The first-order valence-corrected chi connectivity index (χ1v) is 10.6. The molecule has 0 bridgehead atoms. The van der Waals surface area contributed by atoms with E-state index in [1.807, 2.05) is 6.07 Å². The highest BCUT2D eigenvalue weighted by Crippen LogP contribution is 2.21. The van der Waals surface area contributed by atoms with E-state index >= 15 is 0 Å². The fraction of sp³-hybridized carbons (Fsp3) is 0.667. The third-order valence-corrected chi connectivity index (χ3v) is 5.16. The Bertz CT molecular complexity index is 527. The van der Waals surface area contributed by atoms with Gasteiger partial charge >= 0.3 is 5.97 Å². The van der Waals surface area contributed by atoms with Crippen LogP contribution in [0.1, 0.15) is 93.6 Å². The smallest absolute Gasteiger partial charge is 0.345 e. The molecule has 0 aliphatic heterocycles. The van der Waals surface area contributed by atoms with Gasteiger partial charge in [-0.05, 0) is 31.4 Å². The Kier molecular flexibility index (Phi) is 12.8. The molecule has 25 heavy (non-hydrogen) atoms. The zero-order chi connectivity index (χ0) is 18.2. The van der Waals surface area contributed by atoms with Crippen LogP contribution in [0.4, 0.5) is 5.00 Å². The van der Waals surface area contributed by atoms with Gasteiger partial charge in [0.25, 0.3) is 0 Å². The molecule has 0 saturated carbocycles. The molecule has 1 aromatic heterocycles. The van der Waals surface area contributed by atoms with Gasteiger partial charge in [-0.3, -0.25) is 0 Å². The van der Waals surface area contributed by atoms with Crippen LogP contribution in [0.3, 0.4) is 0 Å². The fourth-order valence-corrected chi connectivity index (χ4v) is 3.39. The Hall–Kier alpha value is -1.47. The van der Waals surface area contributed by atoms with Crippen molar-refractivity contribution in [1.29, 1.82) is 0 Å². The molecule has 1 aromatic rings. The topological polar surface area (TPSA) is 49.3 Å². The second kappa shape index (κ2) is 14.8. The van der Waals surface area contributed by atoms with Gasteiger partial charge in [0.2, 0.25) is 0 Å². The SMILES string of the molecule is CCCCCCCCCC#CCCCCCNc1ccc(C(=O)O)s1. The monoisotopic (exact) mass is 363 g/mol. The highest BCUT2D eigenvalue weighted by Gasteiger charge is 2.05. The molecule has 4 heteroatoms. The molecular formula is C21H33NO2S. The van der Waals surface area contributed by atoms with E-state index in [1.54, 1.807) is 6.07 Å². The molecule has 0 fully saturated rings. The van der Waals surface area contributed by atoms with E-state index in [1.165, 1.54) is 56.3 Å². The number of thiophene rings is 1. The standard InChI is InChI=1S/C21H33NO2S/c1-2-3-4-5-6-7-8-9-10-11-12-13-14-15-18-22-20-17-16-19(25-20)21(23)24/h16-17,22H,2-9,12-15,18H2,1H3,(H,23,24). The molecule has 0 atom stereocenters. The zero-order valence-corrected chi connectivity index (χ0v) is 16.4. The number of aromatic carboxylic acids is 1. The molecule has 0 spiro atoms. The predicted molar refractivity (Wildman–Crippen MR) is 109 cm³/mol. The second-order valence-corrected chi connectivity index (χ2v) is 7.52. The molecule has 0 saturated heterocycles. The number of unbranched alkanes of at least 4 members (excludes halogenated alkanes) is 10. The van der Waals surface area contributed by atoms with Crippen molar-refractivity contribution >= 4 is 22.3 Å². The van der Waals surface area contributed by atoms with E-state index in [0.717, 1.165) is 43.6 Å². The maximum absolute atomic E-state index is 10.8. The van der Waals surface area contributed by atoms with E-state index in [2.05, 4.69) is 24.1 Å². The van der Waals surface area contributed by atoms with Gasteiger partial charge in [-0.25, -0.2) is 4.79 Å². The molecule has 0 radical (unpaired) electrons. The van der Waals surface area contributed by atoms with Crippen LogP contribution < -0.4 is 5.32 Å². The first kappa shape index (κ1) is 21.6. The highest BCUT2D eigenvalue weighted by atomic mass is 32.1. The van der Waals surface area contributed by atoms with Gasteiger partial charge in [0, 0.05) is 19.4 Å². The van der Waals surface area contributed by atoms with Crippen LogP contribution in [0.25, 0.3) is 0 Å². The van der Waals surface area contributed by atoms with Crippen molar-refractivity contribution < 1.29 is 9.90 Å². The number of nitrogens with one attached hydrogen (secondary N) is 1. The predicted octanol–water partition coefficient (Wildman–Crippen LogP) is 6.56. The van der Waals surface area contributed by atoms with Gasteiger partial charge < -0.3 is 10.4 Å². The number of carbonyl (C=O) groups is 1. The summed E-state index contributed by atoms with van der Waals surface area (Å²) in [6, 6.07) is 3.49. The summed E-state index contributed by atoms with van der Waals surface area (Å²) in [7, 11) is 0. The summed E-state index contributed by atoms with van der Waals surface area (Å²) >= 11 is 1.29. The summed E-state index contributed by atoms with van der Waals surface area (Å²) in [5.41, 5.74) is 0. The van der Waals surface area contributed by atoms with Crippen molar-refractivity contribution in [3.63, 3.8) is 0 Å². The number of carboxylic acid groups (broad SMARTS) is 1. The largest absolute Gasteiger partial charge is 0.477 e. The third-order valence-electron chi connectivity index (χ3n) is 4.12. The number of carboxylic acids is 1. The molecule has 0 aliphatic rings. The minimum absolute atomic E-state index is 0.388. The van der Waals surface area contributed by atoms with Crippen LogP contribution in [0, 0.1) is 11.8 Å². The number of anilines is 1. The van der Waals surface area contributed by atoms with Crippen molar-refractivity contribution in [3.05, 3.63) is 17.0 Å². The average Bonchev–Trinajstić information content (AvgIpc) is 3.07. The Labute approximate surface area is 157 Å². The summed E-state index contributed by atoms with van der Waals surface area (Å²) in [6.45, 7) is 3.15. The maximum atomic E-state index is 10.8. The summed E-state index contributed by atoms with van der Waals surface area (Å²) in [5.74, 6) is 5.73. The Morgan fingerprint density at radius 3 is 2.16 bits per heavy atom. The zero-order valence-electron chi connectivity index (χ0n) is 15.6. The van der Waals surface area contributed by atoms with E-state index in [4.69, 9.17) is 5.11 Å². The lowest BCUT2D eigenvalue weighted by Crippen LogP contribution is -1.99. The number of rotatable bonds is 14. The lowest BCUT2D eigenvalue weighted by molar-refractivity contribution is 0.0702. The van der Waals surface area contributed by atoms with E-state index < -0.39 is 5.97 Å². The van der Waals surface area contributed by atoms with Crippen LogP contribution in [-0.4, -0.2) is 17.6 Å². The summed E-state index contributed by atoms with van der Waals surface area (Å²) in [4.78, 5) is 11.2. The maximum Gasteiger partial charge on any atom is 0.345 e. The van der Waals surface area contributed by atoms with Crippen molar-refractivity contribution in [1.82, 2.24) is 0 Å². The molecule has 1 rings (SSSR count). The van der Waals surface area contributed by atoms with Crippen molar-refractivity contribution in [2.75, 3.05) is 11.9 Å². The summed E-state index contributed by atoms with van der Waals surface area (Å²) in [6.07, 6.45) is 14.9. The third kappa shape index (κ3) is 11.7. The van der Waals surface area contributed by atoms with Crippen molar-refractivity contribution in [2.24, 2.45) is 0 Å². The van der Waals surface area contributed by atoms with E-state index in [9.17, 15) is 4.79 Å². The summed E-state index contributed by atoms with van der Waals surface area (Å²) < 4.78 is 0. The Morgan fingerprint density at radius 2 is 1.56 bits per heavy atom. The van der Waals surface area contributed by atoms with Gasteiger partial charge in [0.1, 0.15) is 4.88 Å². The first-order valence-electron chi connectivity index (χ1n) is 9.76. The lowest BCUT2D eigenvalue weighted by Gasteiger charge is -2.02. The van der Waals surface area contributed by atoms with E-state index in [-0.39, 0.29) is 0 Å². The minimum atomic E-state index is -0.854. The van der Waals surface area contributed by atoms with Crippen molar-refractivity contribution in [3.8, 4) is 11.8 Å². The Morgan fingerprint density at radius 1 is 0.960 bits per heavy atom. The minimum Gasteiger partial charge on any atom is -0.477 e. The molecule has 3 nitrogen and oxygen atoms in total.